The molecule has 6 heteroatoms. The van der Waals surface area contributed by atoms with Gasteiger partial charge in [0.1, 0.15) is 5.69 Å². The van der Waals surface area contributed by atoms with E-state index in [4.69, 9.17) is 9.84 Å². The molecule has 0 amide bonds. The fourth-order valence-electron chi connectivity index (χ4n) is 2.99. The Morgan fingerprint density at radius 1 is 1.43 bits per heavy atom. The Morgan fingerprint density at radius 3 is 2.83 bits per heavy atom. The third-order valence-corrected chi connectivity index (χ3v) is 4.03. The molecule has 0 fully saturated rings. The van der Waals surface area contributed by atoms with Gasteiger partial charge in [-0.2, -0.15) is 10.2 Å². The molecule has 1 N–H and O–H groups in total. The van der Waals surface area contributed by atoms with Crippen molar-refractivity contribution < 1.29 is 9.84 Å². The summed E-state index contributed by atoms with van der Waals surface area (Å²) in [6.45, 7) is 11.3. The van der Waals surface area contributed by atoms with Gasteiger partial charge in [0.15, 0.2) is 0 Å². The summed E-state index contributed by atoms with van der Waals surface area (Å²) < 4.78 is 9.78. The monoisotopic (exact) mass is 318 g/mol. The van der Waals surface area contributed by atoms with Gasteiger partial charge < -0.3 is 9.84 Å². The quantitative estimate of drug-likeness (QED) is 0.941. The molecule has 126 valence electrons. The van der Waals surface area contributed by atoms with E-state index in [1.54, 1.807) is 18.5 Å². The molecule has 1 aliphatic rings. The minimum absolute atomic E-state index is 0.225. The Labute approximate surface area is 137 Å². The van der Waals surface area contributed by atoms with Gasteiger partial charge in [0.05, 0.1) is 24.4 Å². The zero-order valence-corrected chi connectivity index (χ0v) is 14.6. The Kier molecular flexibility index (Phi) is 3.96. The number of hydrogen-bond acceptors (Lipinski definition) is 4. The third kappa shape index (κ3) is 3.27. The Hall–Kier alpha value is -1.82. The molecule has 3 rings (SSSR count). The molecule has 0 unspecified atom stereocenters. The van der Waals surface area contributed by atoms with Crippen LogP contribution in [0.1, 0.15) is 52.5 Å². The highest BCUT2D eigenvalue weighted by molar-refractivity contribution is 5.65. The van der Waals surface area contributed by atoms with Crippen LogP contribution < -0.4 is 4.74 Å². The lowest BCUT2D eigenvalue weighted by Gasteiger charge is -2.23. The van der Waals surface area contributed by atoms with E-state index in [1.165, 1.54) is 0 Å². The van der Waals surface area contributed by atoms with Crippen LogP contribution in [0.25, 0.3) is 11.3 Å². The fraction of sp³-hybridized carbons (Fsp3) is 0.647. The number of ether oxygens (including phenoxy) is 1. The van der Waals surface area contributed by atoms with Crippen molar-refractivity contribution in [2.24, 2.45) is 0 Å². The number of aryl methyl sites for hydroxylation is 1. The van der Waals surface area contributed by atoms with Gasteiger partial charge in [0.2, 0.25) is 5.88 Å². The van der Waals surface area contributed by atoms with E-state index in [2.05, 4.69) is 25.9 Å². The number of nitrogens with zero attached hydrogens (tertiary/aromatic N) is 4. The minimum Gasteiger partial charge on any atom is -0.475 e. The van der Waals surface area contributed by atoms with Crippen LogP contribution in [-0.2, 0) is 13.1 Å². The molecule has 0 aromatic carbocycles. The second kappa shape index (κ2) is 5.67. The van der Waals surface area contributed by atoms with Crippen molar-refractivity contribution in [3.8, 4) is 17.1 Å². The van der Waals surface area contributed by atoms with Gasteiger partial charge in [-0.05, 0) is 26.7 Å². The molecule has 0 spiro atoms. The van der Waals surface area contributed by atoms with Crippen molar-refractivity contribution in [1.29, 1.82) is 0 Å². The number of fused-ring (bicyclic) bond motifs is 1. The van der Waals surface area contributed by atoms with E-state index in [1.807, 2.05) is 17.1 Å². The summed E-state index contributed by atoms with van der Waals surface area (Å²) in [4.78, 5) is 0. The standard InChI is InChI=1S/C17H26N4O2/c1-11(2)14-15(19-21-7-6-12(3)23-16(14)21)13-8-18-20(9-13)10-17(4,5)22/h8-9,11-12,22H,6-7,10H2,1-5H3/t12-/m1/s1. The molecule has 6 nitrogen and oxygen atoms in total. The van der Waals surface area contributed by atoms with Crippen molar-refractivity contribution in [2.75, 3.05) is 0 Å². The zero-order valence-electron chi connectivity index (χ0n) is 14.6. The van der Waals surface area contributed by atoms with E-state index in [-0.39, 0.29) is 6.10 Å². The first kappa shape index (κ1) is 16.1. The lowest BCUT2D eigenvalue weighted by molar-refractivity contribution is 0.0577. The van der Waals surface area contributed by atoms with Gasteiger partial charge in [0, 0.05) is 30.3 Å². The summed E-state index contributed by atoms with van der Waals surface area (Å²) in [5.74, 6) is 1.21. The first-order valence-corrected chi connectivity index (χ1v) is 8.27. The van der Waals surface area contributed by atoms with Gasteiger partial charge in [0.25, 0.3) is 0 Å². The SMILES string of the molecule is CC(C)c1c(-c2cnn(CC(C)(C)O)c2)nn2c1O[C@H](C)CC2. The van der Waals surface area contributed by atoms with Gasteiger partial charge >= 0.3 is 0 Å². The summed E-state index contributed by atoms with van der Waals surface area (Å²) in [6, 6.07) is 0. The maximum absolute atomic E-state index is 9.95. The Balaban J connectivity index is 2.00. The second-order valence-electron chi connectivity index (χ2n) is 7.40. The molecule has 23 heavy (non-hydrogen) atoms. The summed E-state index contributed by atoms with van der Waals surface area (Å²) in [7, 11) is 0. The number of aromatic nitrogens is 4. The maximum atomic E-state index is 9.95. The average molecular weight is 318 g/mol. The van der Waals surface area contributed by atoms with E-state index < -0.39 is 5.60 Å². The van der Waals surface area contributed by atoms with Crippen molar-refractivity contribution in [1.82, 2.24) is 19.6 Å². The normalized spacial score (nSPS) is 18.1. The predicted molar refractivity (Wildman–Crippen MR) is 88.5 cm³/mol. The van der Waals surface area contributed by atoms with E-state index in [0.29, 0.717) is 12.5 Å². The minimum atomic E-state index is -0.795. The van der Waals surface area contributed by atoms with Crippen molar-refractivity contribution >= 4 is 0 Å². The van der Waals surface area contributed by atoms with Crippen LogP contribution in [-0.4, -0.2) is 36.4 Å². The van der Waals surface area contributed by atoms with Gasteiger partial charge in [-0.1, -0.05) is 13.8 Å². The van der Waals surface area contributed by atoms with Crippen LogP contribution in [0.15, 0.2) is 12.4 Å². The highest BCUT2D eigenvalue weighted by Crippen LogP contribution is 2.38. The lowest BCUT2D eigenvalue weighted by Crippen LogP contribution is -2.26. The smallest absolute Gasteiger partial charge is 0.216 e. The molecule has 0 radical (unpaired) electrons. The molecule has 0 bridgehead atoms. The van der Waals surface area contributed by atoms with Crippen LogP contribution in [0.4, 0.5) is 0 Å². The highest BCUT2D eigenvalue weighted by Gasteiger charge is 2.28. The van der Waals surface area contributed by atoms with Crippen molar-refractivity contribution in [3.63, 3.8) is 0 Å². The number of rotatable bonds is 4. The van der Waals surface area contributed by atoms with Crippen molar-refractivity contribution in [3.05, 3.63) is 18.0 Å². The van der Waals surface area contributed by atoms with Crippen LogP contribution in [0.5, 0.6) is 5.88 Å². The highest BCUT2D eigenvalue weighted by atomic mass is 16.5. The van der Waals surface area contributed by atoms with Gasteiger partial charge in [-0.25, -0.2) is 4.68 Å². The fourth-order valence-corrected chi connectivity index (χ4v) is 2.99. The molecule has 0 aliphatic carbocycles. The molecule has 1 atom stereocenters. The van der Waals surface area contributed by atoms with E-state index >= 15 is 0 Å². The molecule has 2 aromatic rings. The topological polar surface area (TPSA) is 65.1 Å². The van der Waals surface area contributed by atoms with Crippen molar-refractivity contribution in [2.45, 2.75) is 71.8 Å². The number of aliphatic hydroxyl groups is 1. The summed E-state index contributed by atoms with van der Waals surface area (Å²) in [6.07, 6.45) is 4.96. The first-order chi connectivity index (χ1) is 10.7. The molecule has 2 aromatic heterocycles. The molecular weight excluding hydrogens is 292 g/mol. The summed E-state index contributed by atoms with van der Waals surface area (Å²) in [5, 5.41) is 19.1. The maximum Gasteiger partial charge on any atom is 0.216 e. The largest absolute Gasteiger partial charge is 0.475 e. The van der Waals surface area contributed by atoms with Gasteiger partial charge in [-0.15, -0.1) is 0 Å². The summed E-state index contributed by atoms with van der Waals surface area (Å²) in [5.41, 5.74) is 2.25. The van der Waals surface area contributed by atoms with Crippen LogP contribution in [0.2, 0.25) is 0 Å². The van der Waals surface area contributed by atoms with Crippen LogP contribution in [0.3, 0.4) is 0 Å². The molecular formula is C17H26N4O2. The molecule has 3 heterocycles. The van der Waals surface area contributed by atoms with Crippen LogP contribution in [0, 0.1) is 0 Å². The average Bonchev–Trinajstić information content (AvgIpc) is 2.99. The Morgan fingerprint density at radius 2 is 2.17 bits per heavy atom. The number of hydrogen-bond donors (Lipinski definition) is 1. The Bertz CT molecular complexity index is 694. The summed E-state index contributed by atoms with van der Waals surface area (Å²) >= 11 is 0. The zero-order chi connectivity index (χ0) is 16.8. The molecule has 0 saturated carbocycles. The van der Waals surface area contributed by atoms with Gasteiger partial charge in [-0.3, -0.25) is 4.68 Å². The lowest BCUT2D eigenvalue weighted by atomic mass is 10.0. The predicted octanol–water partition coefficient (Wildman–Crippen LogP) is 2.81. The third-order valence-electron chi connectivity index (χ3n) is 4.03. The molecule has 0 saturated heterocycles. The first-order valence-electron chi connectivity index (χ1n) is 8.27. The second-order valence-corrected chi connectivity index (χ2v) is 7.40. The van der Waals surface area contributed by atoms with E-state index in [9.17, 15) is 5.11 Å². The van der Waals surface area contributed by atoms with Crippen LogP contribution >= 0.6 is 0 Å². The van der Waals surface area contributed by atoms with E-state index in [0.717, 1.165) is 35.7 Å². The molecule has 1 aliphatic heterocycles.